The first-order chi connectivity index (χ1) is 14.8. The summed E-state index contributed by atoms with van der Waals surface area (Å²) in [6.07, 6.45) is 0.593. The van der Waals surface area contributed by atoms with Gasteiger partial charge in [0.15, 0.2) is 31.8 Å². The Kier molecular flexibility index (Phi) is 5.88. The summed E-state index contributed by atoms with van der Waals surface area (Å²) in [4.78, 5) is 12.8. The zero-order valence-electron chi connectivity index (χ0n) is 19.9. The normalized spacial score (nSPS) is 30.9. The van der Waals surface area contributed by atoms with Gasteiger partial charge >= 0.3 is 0 Å². The summed E-state index contributed by atoms with van der Waals surface area (Å²) in [5, 5.41) is 11.1. The molecular formula is C21H35N5O5Si. The van der Waals surface area contributed by atoms with E-state index in [4.69, 9.17) is 24.4 Å². The highest BCUT2D eigenvalue weighted by molar-refractivity contribution is 6.74. The number of nitrogen functional groups attached to an aromatic ring is 1. The van der Waals surface area contributed by atoms with Crippen molar-refractivity contribution < 1.29 is 23.7 Å². The number of nitrogens with zero attached hydrogens (tertiary/aromatic N) is 4. The third kappa shape index (κ3) is 4.29. The Morgan fingerprint density at radius 2 is 1.97 bits per heavy atom. The molecule has 0 bridgehead atoms. The highest BCUT2D eigenvalue weighted by atomic mass is 28.4. The van der Waals surface area contributed by atoms with Gasteiger partial charge in [0.25, 0.3) is 0 Å². The summed E-state index contributed by atoms with van der Waals surface area (Å²) in [5.41, 5.74) is 7.01. The van der Waals surface area contributed by atoms with Gasteiger partial charge in [0.2, 0.25) is 0 Å². The van der Waals surface area contributed by atoms with Gasteiger partial charge in [-0.25, -0.2) is 15.0 Å². The second kappa shape index (κ2) is 7.99. The zero-order chi connectivity index (χ0) is 23.5. The quantitative estimate of drug-likeness (QED) is 0.655. The number of fused-ring (bicyclic) bond motifs is 2. The van der Waals surface area contributed by atoms with Gasteiger partial charge in [-0.3, -0.25) is 4.57 Å². The van der Waals surface area contributed by atoms with Crippen LogP contribution in [0.1, 0.15) is 47.3 Å². The Bertz CT molecular complexity index is 975. The lowest BCUT2D eigenvalue weighted by molar-refractivity contribution is -0.194. The standard InChI is InChI=1S/C21H35N5O5Si/c1-20(2,3)32(6,7)28-9-14-12(27)8-13-16(31-21(4,5)30-13)19(29-14)26-11-25-15-17(22)23-10-24-18(15)26/h10-14,16,19,27H,8-9H2,1-7H3,(H2,22,23,24)/t12-,13+,14+,16+,19+/m0/s1. The van der Waals surface area contributed by atoms with Crippen molar-refractivity contribution >= 4 is 25.3 Å². The molecule has 0 aliphatic carbocycles. The Morgan fingerprint density at radius 1 is 1.25 bits per heavy atom. The molecule has 0 radical (unpaired) electrons. The maximum Gasteiger partial charge on any atom is 0.192 e. The fraction of sp³-hybridized carbons (Fsp3) is 0.762. The topological polar surface area (TPSA) is 127 Å². The van der Waals surface area contributed by atoms with E-state index in [0.717, 1.165) is 0 Å². The summed E-state index contributed by atoms with van der Waals surface area (Å²) in [7, 11) is -2.04. The maximum absolute atomic E-state index is 11.0. The van der Waals surface area contributed by atoms with Crippen molar-refractivity contribution in [1.82, 2.24) is 19.5 Å². The van der Waals surface area contributed by atoms with Gasteiger partial charge in [-0.15, -0.1) is 0 Å². The van der Waals surface area contributed by atoms with Crippen LogP contribution in [0.25, 0.3) is 11.2 Å². The minimum Gasteiger partial charge on any atom is -0.414 e. The summed E-state index contributed by atoms with van der Waals surface area (Å²) in [5.74, 6) is -0.508. The van der Waals surface area contributed by atoms with Gasteiger partial charge in [-0.1, -0.05) is 20.8 Å². The molecule has 3 N–H and O–H groups in total. The van der Waals surface area contributed by atoms with Crippen LogP contribution >= 0.6 is 0 Å². The number of aliphatic hydroxyl groups excluding tert-OH is 1. The van der Waals surface area contributed by atoms with Crippen LogP contribution in [0.4, 0.5) is 5.82 Å². The number of aliphatic hydroxyl groups is 1. The molecule has 4 rings (SSSR count). The van der Waals surface area contributed by atoms with Gasteiger partial charge in [-0.2, -0.15) is 0 Å². The smallest absolute Gasteiger partial charge is 0.192 e. The van der Waals surface area contributed by atoms with E-state index in [1.54, 1.807) is 10.9 Å². The SMILES string of the molecule is CC1(C)O[C@H]2[C@H](n3cnc4c(N)ncnc43)O[C@H](CO[Si](C)(C)C(C)(C)C)[C@@H](O)C[C@H]2O1. The van der Waals surface area contributed by atoms with Crippen LogP contribution in [0.2, 0.25) is 18.1 Å². The molecule has 10 nitrogen and oxygen atoms in total. The van der Waals surface area contributed by atoms with E-state index in [1.165, 1.54) is 6.33 Å². The lowest BCUT2D eigenvalue weighted by Crippen LogP contribution is -2.45. The number of rotatable bonds is 4. The summed E-state index contributed by atoms with van der Waals surface area (Å²) >= 11 is 0. The van der Waals surface area contributed by atoms with E-state index in [1.807, 2.05) is 13.8 Å². The molecule has 2 aliphatic heterocycles. The second-order valence-electron chi connectivity index (χ2n) is 10.7. The fourth-order valence-electron chi connectivity index (χ4n) is 3.96. The zero-order valence-corrected chi connectivity index (χ0v) is 20.9. The molecule has 0 spiro atoms. The fourth-order valence-corrected chi connectivity index (χ4v) is 4.98. The Balaban J connectivity index is 1.67. The van der Waals surface area contributed by atoms with Gasteiger partial charge < -0.3 is 29.5 Å². The van der Waals surface area contributed by atoms with Crippen LogP contribution in [0.5, 0.6) is 0 Å². The van der Waals surface area contributed by atoms with Crippen LogP contribution in [0.3, 0.4) is 0 Å². The number of ether oxygens (including phenoxy) is 3. The van der Waals surface area contributed by atoms with Crippen molar-refractivity contribution in [1.29, 1.82) is 0 Å². The lowest BCUT2D eigenvalue weighted by Gasteiger charge is -2.38. The molecule has 178 valence electrons. The minimum atomic E-state index is -2.04. The minimum absolute atomic E-state index is 0.0455. The predicted octanol–water partition coefficient (Wildman–Crippen LogP) is 2.60. The van der Waals surface area contributed by atoms with E-state index < -0.39 is 38.6 Å². The highest BCUT2D eigenvalue weighted by Gasteiger charge is 2.51. The highest BCUT2D eigenvalue weighted by Crippen LogP contribution is 2.42. The molecule has 2 fully saturated rings. The molecule has 2 aliphatic rings. The number of anilines is 1. The third-order valence-electron chi connectivity index (χ3n) is 6.80. The molecule has 5 atom stereocenters. The van der Waals surface area contributed by atoms with Crippen molar-refractivity contribution in [3.8, 4) is 0 Å². The number of hydrogen-bond acceptors (Lipinski definition) is 9. The molecule has 2 saturated heterocycles. The maximum atomic E-state index is 11.0. The van der Waals surface area contributed by atoms with Gasteiger partial charge in [0.1, 0.15) is 24.1 Å². The Morgan fingerprint density at radius 3 is 2.66 bits per heavy atom. The van der Waals surface area contributed by atoms with Crippen molar-refractivity contribution in [2.45, 2.75) is 95.6 Å². The van der Waals surface area contributed by atoms with E-state index >= 15 is 0 Å². The largest absolute Gasteiger partial charge is 0.414 e. The number of nitrogens with two attached hydrogens (primary N) is 1. The Labute approximate surface area is 189 Å². The van der Waals surface area contributed by atoms with Gasteiger partial charge in [0, 0.05) is 6.42 Å². The molecule has 32 heavy (non-hydrogen) atoms. The molecule has 0 unspecified atom stereocenters. The average Bonchev–Trinajstić information content (AvgIpc) is 3.19. The van der Waals surface area contributed by atoms with Crippen molar-refractivity contribution in [2.24, 2.45) is 0 Å². The molecule has 2 aromatic rings. The Hall–Kier alpha value is -1.63. The molecule has 4 heterocycles. The summed E-state index contributed by atoms with van der Waals surface area (Å²) in [6.45, 7) is 14.9. The van der Waals surface area contributed by atoms with Crippen LogP contribution in [-0.4, -0.2) is 69.8 Å². The number of hydrogen-bond donors (Lipinski definition) is 2. The summed E-state index contributed by atoms with van der Waals surface area (Å²) < 4.78 is 27.0. The van der Waals surface area contributed by atoms with Crippen LogP contribution < -0.4 is 5.73 Å². The number of aromatic nitrogens is 4. The van der Waals surface area contributed by atoms with Crippen molar-refractivity contribution in [2.75, 3.05) is 12.3 Å². The first-order valence-electron chi connectivity index (χ1n) is 11.1. The van der Waals surface area contributed by atoms with Gasteiger partial charge in [0.05, 0.1) is 25.1 Å². The van der Waals surface area contributed by atoms with Crippen molar-refractivity contribution in [3.63, 3.8) is 0 Å². The number of imidazole rings is 1. The van der Waals surface area contributed by atoms with E-state index in [2.05, 4.69) is 48.8 Å². The lowest BCUT2D eigenvalue weighted by atomic mass is 10.0. The van der Waals surface area contributed by atoms with E-state index in [-0.39, 0.29) is 17.7 Å². The molecular weight excluding hydrogens is 430 g/mol. The summed E-state index contributed by atoms with van der Waals surface area (Å²) in [6, 6.07) is 0. The first-order valence-corrected chi connectivity index (χ1v) is 14.0. The van der Waals surface area contributed by atoms with E-state index in [9.17, 15) is 5.11 Å². The second-order valence-corrected chi connectivity index (χ2v) is 15.5. The van der Waals surface area contributed by atoms with Crippen molar-refractivity contribution in [3.05, 3.63) is 12.7 Å². The molecule has 11 heteroatoms. The molecule has 0 amide bonds. The van der Waals surface area contributed by atoms with Gasteiger partial charge in [-0.05, 0) is 32.0 Å². The van der Waals surface area contributed by atoms with Crippen LogP contribution in [0.15, 0.2) is 12.7 Å². The monoisotopic (exact) mass is 465 g/mol. The molecule has 0 aromatic carbocycles. The third-order valence-corrected chi connectivity index (χ3v) is 11.3. The van der Waals surface area contributed by atoms with Crippen LogP contribution in [-0.2, 0) is 18.6 Å². The van der Waals surface area contributed by atoms with E-state index in [0.29, 0.717) is 23.4 Å². The average molecular weight is 466 g/mol. The van der Waals surface area contributed by atoms with Crippen LogP contribution in [0, 0.1) is 0 Å². The predicted molar refractivity (Wildman–Crippen MR) is 121 cm³/mol. The molecule has 0 saturated carbocycles. The first kappa shape index (κ1) is 23.5. The molecule has 2 aromatic heterocycles.